The number of hydrogen-bond acceptors (Lipinski definition) is 8. The Labute approximate surface area is 153 Å². The second-order valence-electron chi connectivity index (χ2n) is 5.29. The standard InChI is InChI=1S/C17H17N5O3S/c1-25-15-10-18-7-5-14(15)16-19-11-20-17(22-16)21-13-4-2-3-12(9-13)6-8-26(23)24/h2-5,7,9-11H,6,8H2,1H3,(H,23,24)(H,19,20,21,22)/p-1. The maximum absolute atomic E-state index is 10.7. The van der Waals surface area contributed by atoms with Crippen LogP contribution in [0.4, 0.5) is 11.6 Å². The molecule has 1 atom stereocenters. The molecule has 1 aromatic carbocycles. The first-order valence-electron chi connectivity index (χ1n) is 7.75. The van der Waals surface area contributed by atoms with Crippen LogP contribution in [0.2, 0.25) is 0 Å². The van der Waals surface area contributed by atoms with Gasteiger partial charge in [-0.25, -0.2) is 9.97 Å². The van der Waals surface area contributed by atoms with Crippen LogP contribution in [0.3, 0.4) is 0 Å². The van der Waals surface area contributed by atoms with Gasteiger partial charge in [-0.3, -0.25) is 9.19 Å². The molecule has 26 heavy (non-hydrogen) atoms. The van der Waals surface area contributed by atoms with E-state index < -0.39 is 11.1 Å². The molecule has 0 saturated heterocycles. The quantitative estimate of drug-likeness (QED) is 0.629. The van der Waals surface area contributed by atoms with Crippen molar-refractivity contribution in [2.45, 2.75) is 6.42 Å². The van der Waals surface area contributed by atoms with Crippen LogP contribution in [-0.4, -0.2) is 41.6 Å². The average molecular weight is 370 g/mol. The summed E-state index contributed by atoms with van der Waals surface area (Å²) in [5, 5.41) is 3.11. The Bertz CT molecular complexity index is 922. The van der Waals surface area contributed by atoms with E-state index in [1.54, 1.807) is 25.6 Å². The summed E-state index contributed by atoms with van der Waals surface area (Å²) in [5.74, 6) is 1.48. The predicted octanol–water partition coefficient (Wildman–Crippen LogP) is 2.11. The van der Waals surface area contributed by atoms with Gasteiger partial charge in [0.1, 0.15) is 12.1 Å². The van der Waals surface area contributed by atoms with Gasteiger partial charge >= 0.3 is 0 Å². The Hall–Kier alpha value is -2.91. The van der Waals surface area contributed by atoms with Gasteiger partial charge in [-0.15, -0.1) is 0 Å². The number of aromatic nitrogens is 4. The van der Waals surface area contributed by atoms with Crippen molar-refractivity contribution >= 4 is 22.7 Å². The fourth-order valence-electron chi connectivity index (χ4n) is 2.35. The van der Waals surface area contributed by atoms with Gasteiger partial charge in [-0.2, -0.15) is 4.98 Å². The van der Waals surface area contributed by atoms with Crippen molar-refractivity contribution in [3.63, 3.8) is 0 Å². The number of pyridine rings is 1. The summed E-state index contributed by atoms with van der Waals surface area (Å²) in [6, 6.07) is 9.21. The van der Waals surface area contributed by atoms with Crippen LogP contribution in [-0.2, 0) is 17.5 Å². The Balaban J connectivity index is 1.81. The largest absolute Gasteiger partial charge is 0.772 e. The van der Waals surface area contributed by atoms with E-state index in [1.807, 2.05) is 24.3 Å². The predicted molar refractivity (Wildman–Crippen MR) is 96.8 cm³/mol. The smallest absolute Gasteiger partial charge is 0.230 e. The molecule has 3 rings (SSSR count). The minimum atomic E-state index is -2.06. The highest BCUT2D eigenvalue weighted by Crippen LogP contribution is 2.26. The number of hydrogen-bond donors (Lipinski definition) is 1. The van der Waals surface area contributed by atoms with Gasteiger partial charge in [0.15, 0.2) is 5.82 Å². The van der Waals surface area contributed by atoms with E-state index in [0.29, 0.717) is 29.5 Å². The molecule has 2 heterocycles. The summed E-state index contributed by atoms with van der Waals surface area (Å²) in [6.07, 6.45) is 5.09. The maximum atomic E-state index is 10.7. The fourth-order valence-corrected chi connectivity index (χ4v) is 2.75. The summed E-state index contributed by atoms with van der Waals surface area (Å²) in [4.78, 5) is 16.7. The monoisotopic (exact) mass is 370 g/mol. The molecule has 2 aromatic heterocycles. The molecule has 9 heteroatoms. The van der Waals surface area contributed by atoms with Crippen LogP contribution in [0, 0.1) is 0 Å². The molecular weight excluding hydrogens is 354 g/mol. The molecule has 0 aliphatic carbocycles. The molecular formula is C17H16N5O3S-. The minimum absolute atomic E-state index is 0.0845. The van der Waals surface area contributed by atoms with Crippen LogP contribution in [0.15, 0.2) is 49.1 Å². The van der Waals surface area contributed by atoms with Crippen molar-refractivity contribution in [1.29, 1.82) is 0 Å². The van der Waals surface area contributed by atoms with Crippen LogP contribution >= 0.6 is 0 Å². The SMILES string of the molecule is COc1cnccc1-c1ncnc(Nc2cccc(CCS(=O)[O-])c2)n1. The zero-order valence-corrected chi connectivity index (χ0v) is 14.8. The van der Waals surface area contributed by atoms with Crippen LogP contribution < -0.4 is 10.1 Å². The van der Waals surface area contributed by atoms with E-state index in [1.165, 1.54) is 6.33 Å². The van der Waals surface area contributed by atoms with Crippen molar-refractivity contribution in [1.82, 2.24) is 19.9 Å². The number of nitrogens with one attached hydrogen (secondary N) is 1. The number of benzene rings is 1. The summed E-state index contributed by atoms with van der Waals surface area (Å²) in [5.41, 5.74) is 2.38. The number of rotatable bonds is 7. The van der Waals surface area contributed by atoms with Crippen molar-refractivity contribution in [3.8, 4) is 17.1 Å². The fraction of sp³-hybridized carbons (Fsp3) is 0.176. The van der Waals surface area contributed by atoms with Crippen molar-refractivity contribution < 1.29 is 13.5 Å². The lowest BCUT2D eigenvalue weighted by Crippen LogP contribution is -2.02. The molecule has 0 aliphatic rings. The first-order chi connectivity index (χ1) is 12.7. The molecule has 0 fully saturated rings. The summed E-state index contributed by atoms with van der Waals surface area (Å²) in [7, 11) is 1.56. The Morgan fingerprint density at radius 2 is 2.15 bits per heavy atom. The summed E-state index contributed by atoms with van der Waals surface area (Å²) >= 11 is -2.06. The number of methoxy groups -OCH3 is 1. The molecule has 1 N–H and O–H groups in total. The third-order valence-electron chi connectivity index (χ3n) is 3.56. The van der Waals surface area contributed by atoms with Gasteiger partial charge in [-0.1, -0.05) is 23.2 Å². The first-order valence-corrected chi connectivity index (χ1v) is 8.99. The zero-order valence-electron chi connectivity index (χ0n) is 14.0. The second kappa shape index (κ2) is 8.45. The molecule has 8 nitrogen and oxygen atoms in total. The number of ether oxygens (including phenoxy) is 1. The van der Waals surface area contributed by atoms with E-state index in [9.17, 15) is 8.76 Å². The topological polar surface area (TPSA) is 113 Å². The molecule has 0 spiro atoms. The molecule has 0 bridgehead atoms. The van der Waals surface area contributed by atoms with Gasteiger partial charge in [-0.05, 0) is 30.2 Å². The molecule has 0 radical (unpaired) electrons. The van der Waals surface area contributed by atoms with Crippen LogP contribution in [0.5, 0.6) is 5.75 Å². The van der Waals surface area contributed by atoms with Gasteiger partial charge in [0.05, 0.1) is 18.9 Å². The van der Waals surface area contributed by atoms with Crippen molar-refractivity contribution in [3.05, 3.63) is 54.6 Å². The lowest BCUT2D eigenvalue weighted by Gasteiger charge is -2.10. The molecule has 134 valence electrons. The van der Waals surface area contributed by atoms with Gasteiger partial charge in [0.2, 0.25) is 5.95 Å². The summed E-state index contributed by atoms with van der Waals surface area (Å²) in [6.45, 7) is 0. The Kier molecular flexibility index (Phi) is 5.82. The lowest BCUT2D eigenvalue weighted by atomic mass is 10.1. The van der Waals surface area contributed by atoms with E-state index in [2.05, 4.69) is 25.3 Å². The molecule has 0 amide bonds. The highest BCUT2D eigenvalue weighted by molar-refractivity contribution is 7.79. The highest BCUT2D eigenvalue weighted by Gasteiger charge is 2.10. The molecule has 1 unspecified atom stereocenters. The number of aryl methyl sites for hydroxylation is 1. The van der Waals surface area contributed by atoms with E-state index in [-0.39, 0.29) is 5.75 Å². The van der Waals surface area contributed by atoms with Crippen LogP contribution in [0.1, 0.15) is 5.56 Å². The van der Waals surface area contributed by atoms with E-state index >= 15 is 0 Å². The Morgan fingerprint density at radius 3 is 2.96 bits per heavy atom. The number of nitrogens with zero attached hydrogens (tertiary/aromatic N) is 4. The third kappa shape index (κ3) is 4.58. The molecule has 0 aliphatic heterocycles. The summed E-state index contributed by atoms with van der Waals surface area (Å²) < 4.78 is 26.7. The molecule has 3 aromatic rings. The Morgan fingerprint density at radius 1 is 1.27 bits per heavy atom. The average Bonchev–Trinajstić information content (AvgIpc) is 2.67. The van der Waals surface area contributed by atoms with Crippen molar-refractivity contribution in [2.75, 3.05) is 18.2 Å². The third-order valence-corrected chi connectivity index (χ3v) is 4.10. The second-order valence-corrected chi connectivity index (χ2v) is 6.31. The maximum Gasteiger partial charge on any atom is 0.230 e. The van der Waals surface area contributed by atoms with Crippen LogP contribution in [0.25, 0.3) is 11.4 Å². The minimum Gasteiger partial charge on any atom is -0.772 e. The van der Waals surface area contributed by atoms with E-state index in [4.69, 9.17) is 4.74 Å². The zero-order chi connectivity index (χ0) is 18.4. The lowest BCUT2D eigenvalue weighted by molar-refractivity contribution is 0.414. The van der Waals surface area contributed by atoms with Gasteiger partial charge in [0.25, 0.3) is 0 Å². The first kappa shape index (κ1) is 17.9. The highest BCUT2D eigenvalue weighted by atomic mass is 32.2. The van der Waals surface area contributed by atoms with E-state index in [0.717, 1.165) is 11.3 Å². The van der Waals surface area contributed by atoms with Gasteiger partial charge < -0.3 is 14.6 Å². The molecule has 0 saturated carbocycles. The normalized spacial score (nSPS) is 11.8. The number of anilines is 2. The van der Waals surface area contributed by atoms with Crippen molar-refractivity contribution in [2.24, 2.45) is 0 Å². The van der Waals surface area contributed by atoms with Gasteiger partial charge in [0, 0.05) is 17.6 Å².